The van der Waals surface area contributed by atoms with Gasteiger partial charge in [-0.25, -0.2) is 0 Å². The number of carbonyl (C=O) groups is 1. The number of amides is 1. The van der Waals surface area contributed by atoms with E-state index in [1.165, 1.54) is 23.1 Å². The predicted molar refractivity (Wildman–Crippen MR) is 62.9 cm³/mol. The molecule has 0 unspecified atom stereocenters. The van der Waals surface area contributed by atoms with Crippen molar-refractivity contribution in [2.24, 2.45) is 0 Å². The number of hydrogen-bond donors (Lipinski definition) is 2. The van der Waals surface area contributed by atoms with Gasteiger partial charge in [0.05, 0.1) is 5.75 Å². The highest BCUT2D eigenvalue weighted by Gasteiger charge is 2.14. The summed E-state index contributed by atoms with van der Waals surface area (Å²) in [7, 11) is 0. The molecule has 0 bridgehead atoms. The van der Waals surface area contributed by atoms with E-state index in [0.29, 0.717) is 10.9 Å². The minimum Gasteiger partial charge on any atom is -0.374 e. The number of rotatable bonds is 3. The maximum atomic E-state index is 11.4. The van der Waals surface area contributed by atoms with Crippen LogP contribution < -0.4 is 11.1 Å². The first-order valence-electron chi connectivity index (χ1n) is 4.39. The van der Waals surface area contributed by atoms with Gasteiger partial charge in [-0.1, -0.05) is 23.1 Å². The number of anilines is 1. The Hall–Kier alpha value is -0.820. The van der Waals surface area contributed by atoms with Gasteiger partial charge in [-0.05, 0) is 20.8 Å². The van der Waals surface area contributed by atoms with E-state index < -0.39 is 0 Å². The number of nitrogens with one attached hydrogen (secondary N) is 1. The second-order valence-electron chi connectivity index (χ2n) is 3.99. The van der Waals surface area contributed by atoms with Gasteiger partial charge in [-0.2, -0.15) is 0 Å². The Morgan fingerprint density at radius 1 is 1.53 bits per heavy atom. The van der Waals surface area contributed by atoms with E-state index in [-0.39, 0.29) is 11.4 Å². The van der Waals surface area contributed by atoms with Gasteiger partial charge in [-0.15, -0.1) is 10.2 Å². The molecular formula is C8H14N4OS2. The van der Waals surface area contributed by atoms with Crippen LogP contribution in [-0.2, 0) is 4.79 Å². The van der Waals surface area contributed by atoms with E-state index in [0.717, 1.165) is 4.34 Å². The summed E-state index contributed by atoms with van der Waals surface area (Å²) in [6, 6.07) is 0. The van der Waals surface area contributed by atoms with Crippen LogP contribution in [0.2, 0.25) is 0 Å². The van der Waals surface area contributed by atoms with E-state index in [2.05, 4.69) is 15.5 Å². The normalized spacial score (nSPS) is 11.4. The number of nitrogens with two attached hydrogens (primary N) is 1. The molecule has 0 aromatic carbocycles. The topological polar surface area (TPSA) is 80.9 Å². The first-order valence-corrected chi connectivity index (χ1v) is 6.20. The largest absolute Gasteiger partial charge is 0.374 e. The second-order valence-corrected chi connectivity index (χ2v) is 6.22. The van der Waals surface area contributed by atoms with Gasteiger partial charge in [0.1, 0.15) is 0 Å². The number of thioether (sulfide) groups is 1. The molecule has 3 N–H and O–H groups in total. The Morgan fingerprint density at radius 2 is 2.20 bits per heavy atom. The maximum absolute atomic E-state index is 11.4. The van der Waals surface area contributed by atoms with Crippen LogP contribution in [0.1, 0.15) is 20.8 Å². The van der Waals surface area contributed by atoms with Crippen molar-refractivity contribution >= 4 is 34.1 Å². The summed E-state index contributed by atoms with van der Waals surface area (Å²) in [6.07, 6.45) is 0. The van der Waals surface area contributed by atoms with Crippen LogP contribution in [0.5, 0.6) is 0 Å². The van der Waals surface area contributed by atoms with Crippen molar-refractivity contribution in [2.75, 3.05) is 11.5 Å². The average Bonchev–Trinajstić information content (AvgIpc) is 2.45. The lowest BCUT2D eigenvalue weighted by Gasteiger charge is -2.19. The molecule has 0 saturated heterocycles. The lowest BCUT2D eigenvalue weighted by molar-refractivity contribution is -0.119. The molecule has 1 rings (SSSR count). The molecule has 1 amide bonds. The Labute approximate surface area is 96.8 Å². The van der Waals surface area contributed by atoms with Gasteiger partial charge in [0.25, 0.3) is 0 Å². The Bertz CT molecular complexity index is 345. The van der Waals surface area contributed by atoms with Crippen LogP contribution in [0.25, 0.3) is 0 Å². The summed E-state index contributed by atoms with van der Waals surface area (Å²) in [5, 5.41) is 10.8. The van der Waals surface area contributed by atoms with E-state index in [1.807, 2.05) is 20.8 Å². The molecule has 0 spiro atoms. The van der Waals surface area contributed by atoms with Crippen molar-refractivity contribution in [3.8, 4) is 0 Å². The highest BCUT2D eigenvalue weighted by molar-refractivity contribution is 8.01. The molecule has 0 aliphatic heterocycles. The average molecular weight is 246 g/mol. The van der Waals surface area contributed by atoms with Gasteiger partial charge in [0, 0.05) is 5.54 Å². The van der Waals surface area contributed by atoms with E-state index in [9.17, 15) is 4.79 Å². The zero-order valence-electron chi connectivity index (χ0n) is 8.90. The van der Waals surface area contributed by atoms with Crippen LogP contribution in [0, 0.1) is 0 Å². The highest BCUT2D eigenvalue weighted by Crippen LogP contribution is 2.23. The van der Waals surface area contributed by atoms with Crippen molar-refractivity contribution in [1.82, 2.24) is 15.5 Å². The third kappa shape index (κ3) is 4.98. The summed E-state index contributed by atoms with van der Waals surface area (Å²) in [4.78, 5) is 11.4. The summed E-state index contributed by atoms with van der Waals surface area (Å²) in [5.74, 6) is 0.326. The molecule has 1 aromatic rings. The molecule has 0 fully saturated rings. The minimum atomic E-state index is -0.197. The molecule has 0 aliphatic rings. The zero-order chi connectivity index (χ0) is 11.5. The number of aromatic nitrogens is 2. The molecule has 5 nitrogen and oxygen atoms in total. The van der Waals surface area contributed by atoms with Crippen molar-refractivity contribution < 1.29 is 4.79 Å². The van der Waals surface area contributed by atoms with Gasteiger partial charge >= 0.3 is 0 Å². The lowest BCUT2D eigenvalue weighted by Crippen LogP contribution is -2.41. The standard InChI is InChI=1S/C8H14N4OS2/c1-8(2,3)10-5(13)4-14-7-12-11-6(9)15-7/h4H2,1-3H3,(H2,9,11)(H,10,13). The molecule has 0 aliphatic carbocycles. The van der Waals surface area contributed by atoms with Crippen LogP contribution in [-0.4, -0.2) is 27.4 Å². The third-order valence-electron chi connectivity index (χ3n) is 1.26. The molecule has 1 aromatic heterocycles. The quantitative estimate of drug-likeness (QED) is 0.781. The van der Waals surface area contributed by atoms with E-state index in [4.69, 9.17) is 5.73 Å². The monoisotopic (exact) mass is 246 g/mol. The SMILES string of the molecule is CC(C)(C)NC(=O)CSc1nnc(N)s1. The fourth-order valence-corrected chi connectivity index (χ4v) is 2.30. The number of carbonyl (C=O) groups excluding carboxylic acids is 1. The molecular weight excluding hydrogens is 232 g/mol. The first-order chi connectivity index (χ1) is 6.87. The number of nitrogen functional groups attached to an aromatic ring is 1. The van der Waals surface area contributed by atoms with Gasteiger partial charge in [-0.3, -0.25) is 4.79 Å². The van der Waals surface area contributed by atoms with Crippen LogP contribution in [0.15, 0.2) is 4.34 Å². The molecule has 1 heterocycles. The second kappa shape index (κ2) is 4.80. The zero-order valence-corrected chi connectivity index (χ0v) is 10.5. The number of nitrogens with zero attached hydrogens (tertiary/aromatic N) is 2. The number of hydrogen-bond acceptors (Lipinski definition) is 6. The predicted octanol–water partition coefficient (Wildman–Crippen LogP) is 1.13. The molecule has 0 radical (unpaired) electrons. The lowest BCUT2D eigenvalue weighted by atomic mass is 10.1. The fraction of sp³-hybridized carbons (Fsp3) is 0.625. The van der Waals surface area contributed by atoms with Crippen LogP contribution >= 0.6 is 23.1 Å². The molecule has 0 saturated carbocycles. The first kappa shape index (κ1) is 12.3. The van der Waals surface area contributed by atoms with Crippen molar-refractivity contribution in [3.63, 3.8) is 0 Å². The Morgan fingerprint density at radius 3 is 2.67 bits per heavy atom. The molecule has 7 heteroatoms. The fourth-order valence-electron chi connectivity index (χ4n) is 0.860. The molecule has 0 atom stereocenters. The smallest absolute Gasteiger partial charge is 0.230 e. The van der Waals surface area contributed by atoms with Gasteiger partial charge in [0.15, 0.2) is 4.34 Å². The van der Waals surface area contributed by atoms with Crippen molar-refractivity contribution in [1.29, 1.82) is 0 Å². The van der Waals surface area contributed by atoms with Gasteiger partial charge in [0.2, 0.25) is 11.0 Å². The van der Waals surface area contributed by atoms with Crippen LogP contribution in [0.3, 0.4) is 0 Å². The van der Waals surface area contributed by atoms with Crippen molar-refractivity contribution in [2.45, 2.75) is 30.6 Å². The molecule has 84 valence electrons. The minimum absolute atomic E-state index is 0.0127. The van der Waals surface area contributed by atoms with Crippen LogP contribution in [0.4, 0.5) is 5.13 Å². The summed E-state index contributed by atoms with van der Waals surface area (Å²) in [6.45, 7) is 5.83. The third-order valence-corrected chi connectivity index (χ3v) is 3.15. The Kier molecular flexibility index (Phi) is 3.92. The highest BCUT2D eigenvalue weighted by atomic mass is 32.2. The summed E-state index contributed by atoms with van der Waals surface area (Å²) < 4.78 is 0.719. The Balaban J connectivity index is 2.35. The summed E-state index contributed by atoms with van der Waals surface area (Å²) >= 11 is 2.63. The van der Waals surface area contributed by atoms with Gasteiger partial charge < -0.3 is 11.1 Å². The van der Waals surface area contributed by atoms with E-state index >= 15 is 0 Å². The van der Waals surface area contributed by atoms with Crippen molar-refractivity contribution in [3.05, 3.63) is 0 Å². The maximum Gasteiger partial charge on any atom is 0.230 e. The molecule has 15 heavy (non-hydrogen) atoms. The van der Waals surface area contributed by atoms with E-state index in [1.54, 1.807) is 0 Å². The summed E-state index contributed by atoms with van der Waals surface area (Å²) in [5.41, 5.74) is 5.22.